The van der Waals surface area contributed by atoms with Crippen molar-refractivity contribution in [3.63, 3.8) is 0 Å². The molecule has 0 spiro atoms. The molecule has 1 radical (unpaired) electrons. The lowest BCUT2D eigenvalue weighted by Gasteiger charge is -1.97. The third-order valence-corrected chi connectivity index (χ3v) is 2.27. The van der Waals surface area contributed by atoms with E-state index < -0.39 is 5.97 Å². The second-order valence-electron chi connectivity index (χ2n) is 3.70. The van der Waals surface area contributed by atoms with E-state index in [2.05, 4.69) is 16.3 Å². The minimum atomic E-state index is -0.843. The summed E-state index contributed by atoms with van der Waals surface area (Å²) in [6, 6.07) is 17.0. The van der Waals surface area contributed by atoms with Gasteiger partial charge in [0.1, 0.15) is 0 Å². The summed E-state index contributed by atoms with van der Waals surface area (Å²) < 4.78 is 0. The van der Waals surface area contributed by atoms with Crippen LogP contribution in [0.25, 0.3) is 0 Å². The van der Waals surface area contributed by atoms with Crippen LogP contribution in [0.3, 0.4) is 0 Å². The quantitative estimate of drug-likeness (QED) is 0.829. The maximum Gasteiger partial charge on any atom is 0.307 e. The van der Waals surface area contributed by atoms with E-state index in [-0.39, 0.29) is 6.42 Å². The largest absolute Gasteiger partial charge is 0.481 e. The first kappa shape index (κ1) is 12.0. The van der Waals surface area contributed by atoms with Crippen LogP contribution in [-0.4, -0.2) is 11.1 Å². The van der Waals surface area contributed by atoms with Crippen LogP contribution in [0.2, 0.25) is 0 Å². The highest BCUT2D eigenvalue weighted by atomic mass is 16.4. The number of azo groups is 1. The highest BCUT2D eigenvalue weighted by Gasteiger charge is 1.99. The fourth-order valence-corrected chi connectivity index (χ4v) is 1.42. The maximum absolute atomic E-state index is 10.5. The molecule has 4 heteroatoms. The molecule has 89 valence electrons. The minimum Gasteiger partial charge on any atom is -0.481 e. The fourth-order valence-electron chi connectivity index (χ4n) is 1.42. The number of carboxylic acids is 1. The van der Waals surface area contributed by atoms with Gasteiger partial charge in [-0.05, 0) is 35.9 Å². The Bertz CT molecular complexity index is 548. The SMILES string of the molecule is O=C(O)Cc1ccc(N=Nc2cc[c]cc2)cc1. The molecule has 0 unspecified atom stereocenters. The minimum absolute atomic E-state index is 0.0198. The molecular weight excluding hydrogens is 228 g/mol. The molecule has 0 bridgehead atoms. The van der Waals surface area contributed by atoms with Crippen molar-refractivity contribution in [1.29, 1.82) is 0 Å². The Morgan fingerprint density at radius 2 is 1.56 bits per heavy atom. The first-order valence-electron chi connectivity index (χ1n) is 5.42. The second kappa shape index (κ2) is 5.72. The van der Waals surface area contributed by atoms with E-state index in [1.807, 2.05) is 12.1 Å². The van der Waals surface area contributed by atoms with Crippen molar-refractivity contribution < 1.29 is 9.90 Å². The number of rotatable bonds is 4. The highest BCUT2D eigenvalue weighted by molar-refractivity contribution is 5.70. The Morgan fingerprint density at radius 1 is 1.00 bits per heavy atom. The Kier molecular flexibility index (Phi) is 3.81. The van der Waals surface area contributed by atoms with E-state index in [0.717, 1.165) is 11.3 Å². The van der Waals surface area contributed by atoms with Crippen molar-refractivity contribution in [1.82, 2.24) is 0 Å². The van der Waals surface area contributed by atoms with Gasteiger partial charge in [-0.1, -0.05) is 24.3 Å². The molecule has 2 aromatic carbocycles. The molecule has 18 heavy (non-hydrogen) atoms. The topological polar surface area (TPSA) is 62.0 Å². The summed E-state index contributed by atoms with van der Waals surface area (Å²) in [7, 11) is 0. The van der Waals surface area contributed by atoms with Gasteiger partial charge in [0.25, 0.3) is 0 Å². The third kappa shape index (κ3) is 3.52. The van der Waals surface area contributed by atoms with Crippen LogP contribution in [0, 0.1) is 6.07 Å². The van der Waals surface area contributed by atoms with Gasteiger partial charge in [-0.2, -0.15) is 10.2 Å². The molecule has 0 aliphatic heterocycles. The Labute approximate surface area is 105 Å². The van der Waals surface area contributed by atoms with E-state index in [9.17, 15) is 4.79 Å². The van der Waals surface area contributed by atoms with Crippen molar-refractivity contribution in [3.8, 4) is 0 Å². The maximum atomic E-state index is 10.5. The molecular formula is C14H11N2O2. The Morgan fingerprint density at radius 3 is 2.11 bits per heavy atom. The van der Waals surface area contributed by atoms with Crippen molar-refractivity contribution in [2.45, 2.75) is 6.42 Å². The van der Waals surface area contributed by atoms with Crippen molar-refractivity contribution in [2.24, 2.45) is 10.2 Å². The smallest absolute Gasteiger partial charge is 0.307 e. The average Bonchev–Trinajstić information content (AvgIpc) is 2.38. The van der Waals surface area contributed by atoms with Gasteiger partial charge >= 0.3 is 5.97 Å². The predicted octanol–water partition coefficient (Wildman–Crippen LogP) is 3.53. The van der Waals surface area contributed by atoms with E-state index in [0.29, 0.717) is 5.69 Å². The average molecular weight is 239 g/mol. The van der Waals surface area contributed by atoms with Gasteiger partial charge in [-0.15, -0.1) is 0 Å². The van der Waals surface area contributed by atoms with Crippen molar-refractivity contribution in [3.05, 3.63) is 60.2 Å². The zero-order valence-electron chi connectivity index (χ0n) is 9.58. The summed E-state index contributed by atoms with van der Waals surface area (Å²) in [6.45, 7) is 0. The van der Waals surface area contributed by atoms with Crippen LogP contribution in [-0.2, 0) is 11.2 Å². The van der Waals surface area contributed by atoms with Gasteiger partial charge in [-0.3, -0.25) is 4.79 Å². The molecule has 0 heterocycles. The number of hydrogen-bond donors (Lipinski definition) is 1. The first-order chi connectivity index (χ1) is 8.74. The van der Waals surface area contributed by atoms with Crippen LogP contribution in [0.4, 0.5) is 11.4 Å². The van der Waals surface area contributed by atoms with Crippen LogP contribution in [0.1, 0.15) is 5.56 Å². The molecule has 0 fully saturated rings. The van der Waals surface area contributed by atoms with Gasteiger partial charge in [-0.25, -0.2) is 0 Å². The molecule has 0 aromatic heterocycles. The van der Waals surface area contributed by atoms with E-state index in [1.165, 1.54) is 0 Å². The van der Waals surface area contributed by atoms with Gasteiger partial charge in [0.15, 0.2) is 0 Å². The van der Waals surface area contributed by atoms with E-state index in [1.54, 1.807) is 36.4 Å². The standard InChI is InChI=1S/C14H11N2O2/c17-14(18)10-11-6-8-13(9-7-11)16-15-12-4-2-1-3-5-12/h2-9H,10H2,(H,17,18). The van der Waals surface area contributed by atoms with Crippen molar-refractivity contribution in [2.75, 3.05) is 0 Å². The lowest BCUT2D eigenvalue weighted by molar-refractivity contribution is -0.136. The summed E-state index contributed by atoms with van der Waals surface area (Å²) >= 11 is 0. The summed E-state index contributed by atoms with van der Waals surface area (Å²) in [6.07, 6.45) is 0.0198. The van der Waals surface area contributed by atoms with Crippen LogP contribution < -0.4 is 0 Å². The lowest BCUT2D eigenvalue weighted by atomic mass is 10.1. The highest BCUT2D eigenvalue weighted by Crippen LogP contribution is 2.18. The molecule has 4 nitrogen and oxygen atoms in total. The summed E-state index contributed by atoms with van der Waals surface area (Å²) in [5.41, 5.74) is 2.19. The third-order valence-electron chi connectivity index (χ3n) is 2.27. The van der Waals surface area contributed by atoms with Crippen LogP contribution >= 0.6 is 0 Å². The summed E-state index contributed by atoms with van der Waals surface area (Å²) in [4.78, 5) is 10.5. The van der Waals surface area contributed by atoms with Gasteiger partial charge in [0.2, 0.25) is 0 Å². The predicted molar refractivity (Wildman–Crippen MR) is 67.2 cm³/mol. The molecule has 1 N–H and O–H groups in total. The van der Waals surface area contributed by atoms with Crippen LogP contribution in [0.15, 0.2) is 58.8 Å². The zero-order valence-corrected chi connectivity index (χ0v) is 9.58. The van der Waals surface area contributed by atoms with E-state index in [4.69, 9.17) is 5.11 Å². The fraction of sp³-hybridized carbons (Fsp3) is 0.0714. The molecule has 0 amide bonds. The van der Waals surface area contributed by atoms with Gasteiger partial charge in [0, 0.05) is 0 Å². The molecule has 0 aliphatic carbocycles. The molecule has 0 atom stereocenters. The number of carbonyl (C=O) groups is 1. The molecule has 0 aliphatic rings. The zero-order chi connectivity index (χ0) is 12.8. The summed E-state index contributed by atoms with van der Waals surface area (Å²) in [5.74, 6) is -0.843. The van der Waals surface area contributed by atoms with Crippen LogP contribution in [0.5, 0.6) is 0 Å². The molecule has 0 saturated heterocycles. The lowest BCUT2D eigenvalue weighted by Crippen LogP contribution is -1.98. The summed E-state index contributed by atoms with van der Waals surface area (Å²) in [5, 5.41) is 16.8. The van der Waals surface area contributed by atoms with Gasteiger partial charge in [0.05, 0.1) is 17.8 Å². The molecule has 2 aromatic rings. The number of benzene rings is 2. The Balaban J connectivity index is 2.06. The monoisotopic (exact) mass is 239 g/mol. The normalized spacial score (nSPS) is 10.7. The molecule has 0 saturated carbocycles. The van der Waals surface area contributed by atoms with Crippen molar-refractivity contribution >= 4 is 17.3 Å². The van der Waals surface area contributed by atoms with E-state index >= 15 is 0 Å². The Hall–Kier alpha value is -2.49. The number of carboxylic acid groups (broad SMARTS) is 1. The number of aliphatic carboxylic acids is 1. The number of nitrogens with zero attached hydrogens (tertiary/aromatic N) is 2. The second-order valence-corrected chi connectivity index (χ2v) is 3.70. The van der Waals surface area contributed by atoms with Gasteiger partial charge < -0.3 is 5.11 Å². The molecule has 2 rings (SSSR count). The number of hydrogen-bond acceptors (Lipinski definition) is 3. The first-order valence-corrected chi connectivity index (χ1v) is 5.42.